The smallest absolute Gasteiger partial charge is 0.251 e. The fourth-order valence-electron chi connectivity index (χ4n) is 5.49. The zero-order valence-corrected chi connectivity index (χ0v) is 25.2. The van der Waals surface area contributed by atoms with Gasteiger partial charge in [-0.3, -0.25) is 19.6 Å². The number of likely N-dealkylation sites (tertiary alicyclic amines) is 1. The van der Waals surface area contributed by atoms with Crippen LogP contribution in [0.1, 0.15) is 41.4 Å². The van der Waals surface area contributed by atoms with Gasteiger partial charge in [0, 0.05) is 74.0 Å². The molecule has 218 valence electrons. The maximum atomic E-state index is 12.4. The summed E-state index contributed by atoms with van der Waals surface area (Å²) in [6.45, 7) is 4.03. The highest BCUT2D eigenvalue weighted by molar-refractivity contribution is 7.99. The van der Waals surface area contributed by atoms with Crippen LogP contribution in [-0.2, 0) is 17.6 Å². The Labute approximate surface area is 251 Å². The van der Waals surface area contributed by atoms with Crippen LogP contribution in [0.15, 0.2) is 61.2 Å². The van der Waals surface area contributed by atoms with E-state index in [1.165, 1.54) is 0 Å². The largest absolute Gasteiger partial charge is 0.369 e. The summed E-state index contributed by atoms with van der Waals surface area (Å²) in [7, 11) is 1.64. The molecule has 0 spiro atoms. The van der Waals surface area contributed by atoms with Crippen molar-refractivity contribution in [2.24, 2.45) is 5.92 Å². The topological polar surface area (TPSA) is 113 Å². The second-order valence-corrected chi connectivity index (χ2v) is 11.8. The van der Waals surface area contributed by atoms with Crippen molar-refractivity contribution in [1.29, 1.82) is 0 Å². The number of fused-ring (bicyclic) bond motifs is 1. The number of hydrogen-bond acceptors (Lipinski definition) is 8. The number of hydrogen-bond donors (Lipinski definition) is 2. The number of para-hydroxylation sites is 1. The molecule has 4 heterocycles. The number of nitrogens with zero attached hydrogens (tertiary/aromatic N) is 5. The molecule has 0 saturated carbocycles. The molecular weight excluding hydrogens is 546 g/mol. The minimum absolute atomic E-state index is 0.113. The number of carbonyl (C=O) groups is 2. The molecule has 1 fully saturated rings. The van der Waals surface area contributed by atoms with Crippen molar-refractivity contribution in [2.45, 2.75) is 37.9 Å². The van der Waals surface area contributed by atoms with Crippen molar-refractivity contribution >= 4 is 40.3 Å². The van der Waals surface area contributed by atoms with E-state index >= 15 is 0 Å². The number of nitrogens with one attached hydrogen (secondary N) is 2. The minimum atomic E-state index is -0.113. The summed E-state index contributed by atoms with van der Waals surface area (Å²) in [5, 5.41) is 7.33. The normalized spacial score (nSPS) is 14.5. The van der Waals surface area contributed by atoms with Gasteiger partial charge in [-0.25, -0.2) is 9.97 Å². The van der Waals surface area contributed by atoms with Crippen LogP contribution in [0.3, 0.4) is 0 Å². The highest BCUT2D eigenvalue weighted by Gasteiger charge is 2.21. The van der Waals surface area contributed by atoms with Crippen molar-refractivity contribution in [3.05, 3.63) is 78.0 Å². The minimum Gasteiger partial charge on any atom is -0.369 e. The van der Waals surface area contributed by atoms with E-state index < -0.39 is 0 Å². The molecule has 1 aliphatic heterocycles. The van der Waals surface area contributed by atoms with Crippen molar-refractivity contribution in [2.75, 3.05) is 38.3 Å². The van der Waals surface area contributed by atoms with E-state index in [4.69, 9.17) is 4.98 Å². The average molecular weight is 584 g/mol. The highest BCUT2D eigenvalue weighted by Crippen LogP contribution is 2.26. The lowest BCUT2D eigenvalue weighted by atomic mass is 9.92. The summed E-state index contributed by atoms with van der Waals surface area (Å²) in [6.07, 6.45) is 11.0. The first kappa shape index (κ1) is 29.4. The Bertz CT molecular complexity index is 1540. The Morgan fingerprint density at radius 2 is 1.90 bits per heavy atom. The van der Waals surface area contributed by atoms with Crippen LogP contribution in [0.2, 0.25) is 0 Å². The molecule has 1 unspecified atom stereocenters. The second-order valence-electron chi connectivity index (χ2n) is 10.7. The van der Waals surface area contributed by atoms with Crippen LogP contribution in [0.5, 0.6) is 0 Å². The Balaban J connectivity index is 1.20. The Morgan fingerprint density at radius 1 is 1.07 bits per heavy atom. The van der Waals surface area contributed by atoms with Crippen molar-refractivity contribution in [3.63, 3.8) is 0 Å². The molecule has 5 rings (SSSR count). The molecule has 0 bridgehead atoms. The van der Waals surface area contributed by atoms with E-state index in [0.717, 1.165) is 78.0 Å². The van der Waals surface area contributed by atoms with Gasteiger partial charge in [0.25, 0.3) is 5.91 Å². The number of amides is 2. The highest BCUT2D eigenvalue weighted by atomic mass is 32.2. The fourth-order valence-corrected chi connectivity index (χ4v) is 6.09. The number of pyridine rings is 2. The number of carbonyl (C=O) groups excluding carboxylic acids is 2. The standard InChI is InChI=1S/C32H37N7O2S/c1-21(40)39-13-10-22(11-14-39)15-25-8-7-24(18-35-25)29-17-30(38-20-37-29)36-19-26(42-3)16-23-5-4-6-27-28(32(41)33-2)9-12-34-31(23)27/h4-9,12,17-18,20,22,26H,10-11,13-16,19H2,1-3H3,(H,33,41)(H,36,37,38). The third kappa shape index (κ3) is 7.05. The van der Waals surface area contributed by atoms with E-state index in [9.17, 15) is 9.59 Å². The van der Waals surface area contributed by atoms with Gasteiger partial charge in [0.05, 0.1) is 16.8 Å². The lowest BCUT2D eigenvalue weighted by Gasteiger charge is -2.31. The lowest BCUT2D eigenvalue weighted by molar-refractivity contribution is -0.130. The van der Waals surface area contributed by atoms with E-state index in [0.29, 0.717) is 18.0 Å². The summed E-state index contributed by atoms with van der Waals surface area (Å²) in [5.41, 5.74) is 5.44. The van der Waals surface area contributed by atoms with E-state index in [1.54, 1.807) is 44.3 Å². The number of piperidine rings is 1. The first-order chi connectivity index (χ1) is 20.4. The van der Waals surface area contributed by atoms with Gasteiger partial charge in [0.1, 0.15) is 12.1 Å². The van der Waals surface area contributed by atoms with Crippen LogP contribution in [0, 0.1) is 5.92 Å². The number of rotatable bonds is 10. The maximum Gasteiger partial charge on any atom is 0.251 e. The Kier molecular flexibility index (Phi) is 9.63. The Hall–Kier alpha value is -4.05. The van der Waals surface area contributed by atoms with Crippen LogP contribution in [0.4, 0.5) is 5.82 Å². The molecule has 1 atom stereocenters. The molecule has 1 aliphatic rings. The molecule has 9 nitrogen and oxygen atoms in total. The summed E-state index contributed by atoms with van der Waals surface area (Å²) in [6, 6.07) is 13.9. The zero-order chi connectivity index (χ0) is 29.5. The van der Waals surface area contributed by atoms with E-state index in [-0.39, 0.29) is 17.1 Å². The van der Waals surface area contributed by atoms with Gasteiger partial charge >= 0.3 is 0 Å². The maximum absolute atomic E-state index is 12.4. The summed E-state index contributed by atoms with van der Waals surface area (Å²) in [4.78, 5) is 44.1. The van der Waals surface area contributed by atoms with Crippen molar-refractivity contribution in [3.8, 4) is 11.3 Å². The quantitative estimate of drug-likeness (QED) is 0.278. The van der Waals surface area contributed by atoms with Gasteiger partial charge in [-0.15, -0.1) is 0 Å². The Morgan fingerprint density at radius 3 is 2.62 bits per heavy atom. The third-order valence-electron chi connectivity index (χ3n) is 7.96. The van der Waals surface area contributed by atoms with Gasteiger partial charge in [-0.05, 0) is 61.6 Å². The first-order valence-corrected chi connectivity index (χ1v) is 15.6. The summed E-state index contributed by atoms with van der Waals surface area (Å²) >= 11 is 1.78. The van der Waals surface area contributed by atoms with Crippen LogP contribution in [-0.4, -0.2) is 74.8 Å². The van der Waals surface area contributed by atoms with Gasteiger partial charge in [0.15, 0.2) is 0 Å². The van der Waals surface area contributed by atoms with Gasteiger partial charge in [-0.1, -0.05) is 18.2 Å². The molecule has 4 aromatic rings. The molecular formula is C32H37N7O2S. The van der Waals surface area contributed by atoms with E-state index in [1.807, 2.05) is 29.3 Å². The van der Waals surface area contributed by atoms with Crippen LogP contribution < -0.4 is 10.6 Å². The third-order valence-corrected chi connectivity index (χ3v) is 8.96. The number of benzene rings is 1. The lowest BCUT2D eigenvalue weighted by Crippen LogP contribution is -2.37. The predicted molar refractivity (Wildman–Crippen MR) is 169 cm³/mol. The first-order valence-electron chi connectivity index (χ1n) is 14.3. The summed E-state index contributed by atoms with van der Waals surface area (Å²) < 4.78 is 0. The molecule has 2 N–H and O–H groups in total. The SMILES string of the molecule is CNC(=O)c1ccnc2c(CC(CNc3cc(-c4ccc(CC5CCN(C(C)=O)CC5)nc4)ncn3)SC)cccc12. The van der Waals surface area contributed by atoms with Gasteiger partial charge in [0.2, 0.25) is 5.91 Å². The molecule has 2 amide bonds. The van der Waals surface area contributed by atoms with Crippen LogP contribution >= 0.6 is 11.8 Å². The average Bonchev–Trinajstić information content (AvgIpc) is 3.03. The predicted octanol–water partition coefficient (Wildman–Crippen LogP) is 4.63. The molecule has 1 saturated heterocycles. The summed E-state index contributed by atoms with van der Waals surface area (Å²) in [5.74, 6) is 1.37. The molecule has 1 aromatic carbocycles. The van der Waals surface area contributed by atoms with E-state index in [2.05, 4.69) is 50.0 Å². The molecule has 0 radical (unpaired) electrons. The monoisotopic (exact) mass is 583 g/mol. The fraction of sp³-hybridized carbons (Fsp3) is 0.375. The van der Waals surface area contributed by atoms with Gasteiger partial charge < -0.3 is 15.5 Å². The van der Waals surface area contributed by atoms with Crippen LogP contribution in [0.25, 0.3) is 22.2 Å². The molecule has 42 heavy (non-hydrogen) atoms. The number of thioether (sulfide) groups is 1. The molecule has 3 aromatic heterocycles. The zero-order valence-electron chi connectivity index (χ0n) is 24.3. The molecule has 10 heteroatoms. The number of aromatic nitrogens is 4. The second kappa shape index (κ2) is 13.7. The number of anilines is 1. The van der Waals surface area contributed by atoms with Crippen molar-refractivity contribution in [1.82, 2.24) is 30.2 Å². The van der Waals surface area contributed by atoms with Crippen molar-refractivity contribution < 1.29 is 9.59 Å². The molecule has 0 aliphatic carbocycles. The van der Waals surface area contributed by atoms with Gasteiger partial charge in [-0.2, -0.15) is 11.8 Å².